The average molecular weight is 261 g/mol. The van der Waals surface area contributed by atoms with Crippen molar-refractivity contribution in [2.24, 2.45) is 7.05 Å². The Labute approximate surface area is 108 Å². The van der Waals surface area contributed by atoms with Gasteiger partial charge in [-0.2, -0.15) is 0 Å². The molecule has 19 heavy (non-hydrogen) atoms. The van der Waals surface area contributed by atoms with Crippen LogP contribution in [0.5, 0.6) is 0 Å². The van der Waals surface area contributed by atoms with Crippen molar-refractivity contribution in [1.29, 1.82) is 0 Å². The topological polar surface area (TPSA) is 116 Å². The first-order valence-corrected chi connectivity index (χ1v) is 5.30. The number of nitrogens with zero attached hydrogens (tertiary/aromatic N) is 3. The van der Waals surface area contributed by atoms with Crippen molar-refractivity contribution in [1.82, 2.24) is 9.55 Å². The largest absolute Gasteiger partial charge is 0.397 e. The number of nitro groups is 1. The third-order valence-corrected chi connectivity index (χ3v) is 2.54. The van der Waals surface area contributed by atoms with Crippen LogP contribution >= 0.6 is 0 Å². The molecule has 8 nitrogen and oxygen atoms in total. The van der Waals surface area contributed by atoms with Gasteiger partial charge in [0.25, 0.3) is 11.6 Å². The molecule has 0 saturated carbocycles. The highest BCUT2D eigenvalue weighted by molar-refractivity contribution is 6.05. The lowest BCUT2D eigenvalue weighted by atomic mass is 10.3. The molecule has 1 amide bonds. The normalized spacial score (nSPS) is 10.2. The van der Waals surface area contributed by atoms with Crippen molar-refractivity contribution in [3.63, 3.8) is 0 Å². The molecule has 8 heteroatoms. The van der Waals surface area contributed by atoms with E-state index in [4.69, 9.17) is 5.73 Å². The van der Waals surface area contributed by atoms with E-state index < -0.39 is 10.8 Å². The number of pyridine rings is 1. The lowest BCUT2D eigenvalue weighted by Gasteiger charge is -2.07. The minimum atomic E-state index is -0.560. The van der Waals surface area contributed by atoms with Gasteiger partial charge in [0.1, 0.15) is 5.69 Å². The van der Waals surface area contributed by atoms with Crippen LogP contribution in [0.2, 0.25) is 0 Å². The Kier molecular flexibility index (Phi) is 3.15. The summed E-state index contributed by atoms with van der Waals surface area (Å²) >= 11 is 0. The van der Waals surface area contributed by atoms with Crippen LogP contribution in [-0.2, 0) is 7.05 Å². The number of hydrogen-bond acceptors (Lipinski definition) is 5. The van der Waals surface area contributed by atoms with Gasteiger partial charge in [0.2, 0.25) is 0 Å². The van der Waals surface area contributed by atoms with Crippen LogP contribution in [0.1, 0.15) is 10.5 Å². The zero-order chi connectivity index (χ0) is 14.0. The van der Waals surface area contributed by atoms with Crippen molar-refractivity contribution in [3.8, 4) is 0 Å². The molecule has 2 rings (SSSR count). The lowest BCUT2D eigenvalue weighted by Crippen LogP contribution is -2.16. The Morgan fingerprint density at radius 1 is 1.58 bits per heavy atom. The molecular weight excluding hydrogens is 250 g/mol. The molecule has 0 unspecified atom stereocenters. The summed E-state index contributed by atoms with van der Waals surface area (Å²) in [5.74, 6) is -0.490. The summed E-state index contributed by atoms with van der Waals surface area (Å²) < 4.78 is 1.38. The molecule has 0 fully saturated rings. The molecule has 2 heterocycles. The van der Waals surface area contributed by atoms with Gasteiger partial charge in [0.05, 0.1) is 28.7 Å². The Morgan fingerprint density at radius 3 is 2.89 bits per heavy atom. The monoisotopic (exact) mass is 261 g/mol. The summed E-state index contributed by atoms with van der Waals surface area (Å²) in [7, 11) is 1.55. The first-order valence-electron chi connectivity index (χ1n) is 5.30. The van der Waals surface area contributed by atoms with Crippen LogP contribution in [0.15, 0.2) is 30.7 Å². The zero-order valence-corrected chi connectivity index (χ0v) is 10.0. The number of nitrogens with one attached hydrogen (secondary N) is 1. The molecule has 0 aliphatic carbocycles. The average Bonchev–Trinajstić information content (AvgIpc) is 2.74. The maximum absolute atomic E-state index is 12.0. The fourth-order valence-electron chi connectivity index (χ4n) is 1.57. The third kappa shape index (κ3) is 2.51. The van der Waals surface area contributed by atoms with Crippen LogP contribution < -0.4 is 11.1 Å². The van der Waals surface area contributed by atoms with E-state index in [9.17, 15) is 14.9 Å². The van der Waals surface area contributed by atoms with Crippen LogP contribution in [0.4, 0.5) is 17.1 Å². The number of aryl methyl sites for hydroxylation is 1. The molecular formula is C11H11N5O3. The van der Waals surface area contributed by atoms with Crippen molar-refractivity contribution < 1.29 is 9.72 Å². The molecule has 3 N–H and O–H groups in total. The van der Waals surface area contributed by atoms with Gasteiger partial charge in [-0.1, -0.05) is 0 Å². The summed E-state index contributed by atoms with van der Waals surface area (Å²) in [4.78, 5) is 25.9. The number of aromatic nitrogens is 2. The fraction of sp³-hybridized carbons (Fsp3) is 0.0909. The first kappa shape index (κ1) is 12.6. The van der Waals surface area contributed by atoms with E-state index in [-0.39, 0.29) is 11.4 Å². The molecule has 2 aromatic rings. The van der Waals surface area contributed by atoms with Crippen LogP contribution in [0, 0.1) is 10.1 Å². The van der Waals surface area contributed by atoms with Crippen LogP contribution in [0.3, 0.4) is 0 Å². The molecule has 98 valence electrons. The smallest absolute Gasteiger partial charge is 0.287 e. The molecule has 0 aliphatic rings. The summed E-state index contributed by atoms with van der Waals surface area (Å²) in [6, 6.07) is 2.74. The summed E-state index contributed by atoms with van der Waals surface area (Å²) in [6.45, 7) is 0. The van der Waals surface area contributed by atoms with Crippen LogP contribution in [0.25, 0.3) is 0 Å². The Morgan fingerprint density at radius 2 is 2.32 bits per heavy atom. The Hall–Kier alpha value is -2.90. The number of rotatable bonds is 3. The SMILES string of the molecule is Cn1cc([N+](=O)[O-])cc1C(=O)Nc1cnccc1N. The predicted molar refractivity (Wildman–Crippen MR) is 68.7 cm³/mol. The highest BCUT2D eigenvalue weighted by atomic mass is 16.6. The van der Waals surface area contributed by atoms with Crippen molar-refractivity contribution in [2.45, 2.75) is 0 Å². The molecule has 0 saturated heterocycles. The maximum atomic E-state index is 12.0. The number of carbonyl (C=O) groups is 1. The highest BCUT2D eigenvalue weighted by Gasteiger charge is 2.18. The van der Waals surface area contributed by atoms with E-state index in [1.54, 1.807) is 13.1 Å². The zero-order valence-electron chi connectivity index (χ0n) is 10.0. The van der Waals surface area contributed by atoms with Gasteiger partial charge in [-0.25, -0.2) is 0 Å². The number of nitrogens with two attached hydrogens (primary N) is 1. The van der Waals surface area contributed by atoms with Gasteiger partial charge in [-0.3, -0.25) is 19.9 Å². The first-order chi connectivity index (χ1) is 8.99. The lowest BCUT2D eigenvalue weighted by molar-refractivity contribution is -0.384. The van der Waals surface area contributed by atoms with E-state index >= 15 is 0 Å². The van der Waals surface area contributed by atoms with E-state index in [0.29, 0.717) is 11.4 Å². The molecule has 0 radical (unpaired) electrons. The van der Waals surface area contributed by atoms with Crippen LogP contribution in [-0.4, -0.2) is 20.4 Å². The van der Waals surface area contributed by atoms with E-state index in [0.717, 1.165) is 0 Å². The summed E-state index contributed by atoms with van der Waals surface area (Å²) in [5.41, 5.74) is 6.41. The van der Waals surface area contributed by atoms with Gasteiger partial charge < -0.3 is 15.6 Å². The molecule has 0 bridgehead atoms. The van der Waals surface area contributed by atoms with E-state index in [1.807, 2.05) is 0 Å². The van der Waals surface area contributed by atoms with Crippen molar-refractivity contribution in [2.75, 3.05) is 11.1 Å². The number of nitrogen functional groups attached to an aromatic ring is 1. The van der Waals surface area contributed by atoms with Gasteiger partial charge in [-0.05, 0) is 6.07 Å². The van der Waals surface area contributed by atoms with Crippen molar-refractivity contribution >= 4 is 23.0 Å². The van der Waals surface area contributed by atoms with Gasteiger partial charge in [-0.15, -0.1) is 0 Å². The standard InChI is InChI=1S/C11H11N5O3/c1-15-6-7(16(18)19)4-10(15)11(17)14-9-5-13-3-2-8(9)12/h2-6H,1H3,(H2,12,13)(H,14,17). The second kappa shape index (κ2) is 4.77. The molecule has 2 aromatic heterocycles. The number of hydrogen-bond donors (Lipinski definition) is 2. The summed E-state index contributed by atoms with van der Waals surface area (Å²) in [6.07, 6.45) is 4.17. The van der Waals surface area contributed by atoms with E-state index in [2.05, 4.69) is 10.3 Å². The van der Waals surface area contributed by atoms with Gasteiger partial charge in [0, 0.05) is 19.3 Å². The summed E-state index contributed by atoms with van der Waals surface area (Å²) in [5, 5.41) is 13.2. The number of anilines is 2. The number of amides is 1. The van der Waals surface area contributed by atoms with Crippen molar-refractivity contribution in [3.05, 3.63) is 46.5 Å². The molecule has 0 aromatic carbocycles. The quantitative estimate of drug-likeness (QED) is 0.635. The minimum absolute atomic E-state index is 0.146. The van der Waals surface area contributed by atoms with E-state index in [1.165, 1.54) is 29.2 Å². The molecule has 0 aliphatic heterocycles. The molecule has 0 spiro atoms. The second-order valence-corrected chi connectivity index (χ2v) is 3.87. The minimum Gasteiger partial charge on any atom is -0.397 e. The van der Waals surface area contributed by atoms with Gasteiger partial charge >= 0.3 is 0 Å². The maximum Gasteiger partial charge on any atom is 0.287 e. The second-order valence-electron chi connectivity index (χ2n) is 3.87. The fourth-order valence-corrected chi connectivity index (χ4v) is 1.57. The Bertz CT molecular complexity index is 650. The third-order valence-electron chi connectivity index (χ3n) is 2.54. The molecule has 0 atom stereocenters. The highest BCUT2D eigenvalue weighted by Crippen LogP contribution is 2.19. The predicted octanol–water partition coefficient (Wildman–Crippen LogP) is 1.16. The Balaban J connectivity index is 2.26. The van der Waals surface area contributed by atoms with Gasteiger partial charge in [0.15, 0.2) is 0 Å². The number of carbonyl (C=O) groups excluding carboxylic acids is 1.